The lowest BCUT2D eigenvalue weighted by Crippen LogP contribution is -2.13. The van der Waals surface area contributed by atoms with Crippen molar-refractivity contribution in [1.82, 2.24) is 0 Å². The lowest BCUT2D eigenvalue weighted by Gasteiger charge is -2.14. The summed E-state index contributed by atoms with van der Waals surface area (Å²) in [4.78, 5) is 0.0890. The fourth-order valence-corrected chi connectivity index (χ4v) is 3.31. The number of rotatable bonds is 7. The van der Waals surface area contributed by atoms with Gasteiger partial charge in [-0.3, -0.25) is 4.72 Å². The van der Waals surface area contributed by atoms with Crippen molar-refractivity contribution in [2.75, 3.05) is 17.9 Å². The highest BCUT2D eigenvalue weighted by Gasteiger charge is 2.18. The number of halogens is 1. The Hall–Kier alpha value is -1.92. The molecule has 2 aromatic rings. The monoisotopic (exact) mass is 369 g/mol. The quantitative estimate of drug-likeness (QED) is 0.792. The third kappa shape index (κ3) is 4.33. The van der Waals surface area contributed by atoms with Crippen molar-refractivity contribution < 1.29 is 17.9 Å². The molecule has 1 N–H and O–H groups in total. The van der Waals surface area contributed by atoms with E-state index in [4.69, 9.17) is 21.1 Å². The topological polar surface area (TPSA) is 64.6 Å². The molecule has 0 atom stereocenters. The van der Waals surface area contributed by atoms with E-state index in [0.29, 0.717) is 35.4 Å². The van der Waals surface area contributed by atoms with Gasteiger partial charge in [-0.2, -0.15) is 0 Å². The van der Waals surface area contributed by atoms with Gasteiger partial charge in [0.05, 0.1) is 23.8 Å². The van der Waals surface area contributed by atoms with E-state index in [1.807, 2.05) is 20.8 Å². The van der Waals surface area contributed by atoms with Crippen LogP contribution in [-0.4, -0.2) is 21.6 Å². The highest BCUT2D eigenvalue weighted by molar-refractivity contribution is 7.92. The Balaban J connectivity index is 2.34. The zero-order valence-corrected chi connectivity index (χ0v) is 15.4. The number of aryl methyl sites for hydroxylation is 1. The average Bonchev–Trinajstić information content (AvgIpc) is 2.53. The molecule has 0 aliphatic rings. The van der Waals surface area contributed by atoms with E-state index in [0.717, 1.165) is 5.56 Å². The predicted octanol–water partition coefficient (Wildman–Crippen LogP) is 4.25. The standard InChI is InChI=1S/C17H20ClNO4S/c1-4-22-16-9-8-14(11-17(16)23-5-2)24(20,21)19-13-7-6-12(3)15(18)10-13/h6-11,19H,4-5H2,1-3H3. The number of nitrogens with one attached hydrogen (secondary N) is 1. The van der Waals surface area contributed by atoms with Gasteiger partial charge in [0.15, 0.2) is 11.5 Å². The second-order valence-corrected chi connectivity index (χ2v) is 7.13. The summed E-state index contributed by atoms with van der Waals surface area (Å²) in [5.41, 5.74) is 1.27. The summed E-state index contributed by atoms with van der Waals surface area (Å²) in [6, 6.07) is 9.51. The third-order valence-electron chi connectivity index (χ3n) is 3.25. The van der Waals surface area contributed by atoms with Crippen molar-refractivity contribution in [2.45, 2.75) is 25.7 Å². The van der Waals surface area contributed by atoms with Crippen LogP contribution in [0.25, 0.3) is 0 Å². The molecule has 0 heterocycles. The Labute approximate surface area is 147 Å². The van der Waals surface area contributed by atoms with Gasteiger partial charge in [-0.1, -0.05) is 17.7 Å². The molecule has 0 aliphatic heterocycles. The maximum atomic E-state index is 12.6. The Bertz CT molecular complexity index is 821. The fraction of sp³-hybridized carbons (Fsp3) is 0.294. The SMILES string of the molecule is CCOc1ccc(S(=O)(=O)Nc2ccc(C)c(Cl)c2)cc1OCC. The molecule has 2 rings (SSSR count). The maximum absolute atomic E-state index is 12.6. The first kappa shape index (κ1) is 18.4. The summed E-state index contributed by atoms with van der Waals surface area (Å²) in [5.74, 6) is 0.904. The van der Waals surface area contributed by atoms with E-state index in [1.165, 1.54) is 12.1 Å². The summed E-state index contributed by atoms with van der Waals surface area (Å²) in [5, 5.41) is 0.497. The Kier molecular flexibility index (Phi) is 5.96. The van der Waals surface area contributed by atoms with Crippen molar-refractivity contribution in [3.05, 3.63) is 47.0 Å². The van der Waals surface area contributed by atoms with Crippen LogP contribution in [0.2, 0.25) is 5.02 Å². The fourth-order valence-electron chi connectivity index (χ4n) is 2.07. The summed E-state index contributed by atoms with van der Waals surface area (Å²) in [6.07, 6.45) is 0. The van der Waals surface area contributed by atoms with Crippen LogP contribution in [-0.2, 0) is 10.0 Å². The van der Waals surface area contributed by atoms with E-state index < -0.39 is 10.0 Å². The van der Waals surface area contributed by atoms with Gasteiger partial charge >= 0.3 is 0 Å². The van der Waals surface area contributed by atoms with Gasteiger partial charge in [-0.25, -0.2) is 8.42 Å². The molecule has 24 heavy (non-hydrogen) atoms. The lowest BCUT2D eigenvalue weighted by atomic mass is 10.2. The molecule has 5 nitrogen and oxygen atoms in total. The molecule has 0 radical (unpaired) electrons. The molecule has 130 valence electrons. The van der Waals surface area contributed by atoms with Crippen molar-refractivity contribution >= 4 is 27.3 Å². The summed E-state index contributed by atoms with van der Waals surface area (Å²) in [7, 11) is -3.76. The minimum atomic E-state index is -3.76. The van der Waals surface area contributed by atoms with E-state index in [-0.39, 0.29) is 4.90 Å². The number of sulfonamides is 1. The molecule has 0 fully saturated rings. The molecular weight excluding hydrogens is 350 g/mol. The van der Waals surface area contributed by atoms with Gasteiger partial charge in [0.1, 0.15) is 0 Å². The molecule has 7 heteroatoms. The van der Waals surface area contributed by atoms with Gasteiger partial charge in [-0.15, -0.1) is 0 Å². The summed E-state index contributed by atoms with van der Waals surface area (Å²) >= 11 is 6.04. The molecule has 0 saturated carbocycles. The van der Waals surface area contributed by atoms with Crippen molar-refractivity contribution in [3.63, 3.8) is 0 Å². The lowest BCUT2D eigenvalue weighted by molar-refractivity contribution is 0.287. The predicted molar refractivity (Wildman–Crippen MR) is 95.8 cm³/mol. The molecule has 0 aliphatic carbocycles. The Morgan fingerprint density at radius 3 is 2.29 bits per heavy atom. The number of hydrogen-bond acceptors (Lipinski definition) is 4. The van der Waals surface area contributed by atoms with Crippen LogP contribution in [0, 0.1) is 6.92 Å². The molecule has 0 spiro atoms. The first-order valence-corrected chi connectivity index (χ1v) is 9.42. The zero-order valence-electron chi connectivity index (χ0n) is 13.8. The van der Waals surface area contributed by atoms with Gasteiger partial charge < -0.3 is 9.47 Å². The number of hydrogen-bond donors (Lipinski definition) is 1. The van der Waals surface area contributed by atoms with Crippen LogP contribution in [0.4, 0.5) is 5.69 Å². The van der Waals surface area contributed by atoms with Gasteiger partial charge in [0.2, 0.25) is 0 Å². The van der Waals surface area contributed by atoms with Crippen LogP contribution in [0.5, 0.6) is 11.5 Å². The Morgan fingerprint density at radius 1 is 1.00 bits per heavy atom. The molecule has 0 aromatic heterocycles. The number of benzene rings is 2. The van der Waals surface area contributed by atoms with E-state index in [1.54, 1.807) is 24.3 Å². The van der Waals surface area contributed by atoms with Crippen LogP contribution < -0.4 is 14.2 Å². The van der Waals surface area contributed by atoms with Crippen LogP contribution >= 0.6 is 11.6 Å². The van der Waals surface area contributed by atoms with Gasteiger partial charge in [0.25, 0.3) is 10.0 Å². The van der Waals surface area contributed by atoms with Crippen molar-refractivity contribution in [3.8, 4) is 11.5 Å². The molecule has 0 saturated heterocycles. The molecule has 0 amide bonds. The number of ether oxygens (including phenoxy) is 2. The molecular formula is C17H20ClNO4S. The van der Waals surface area contributed by atoms with E-state index in [2.05, 4.69) is 4.72 Å². The summed E-state index contributed by atoms with van der Waals surface area (Å²) < 4.78 is 38.6. The highest BCUT2D eigenvalue weighted by Crippen LogP contribution is 2.31. The third-order valence-corrected chi connectivity index (χ3v) is 5.04. The van der Waals surface area contributed by atoms with E-state index >= 15 is 0 Å². The largest absolute Gasteiger partial charge is 0.490 e. The summed E-state index contributed by atoms with van der Waals surface area (Å²) in [6.45, 7) is 6.39. The normalized spacial score (nSPS) is 11.2. The van der Waals surface area contributed by atoms with Crippen LogP contribution in [0.15, 0.2) is 41.3 Å². The first-order chi connectivity index (χ1) is 11.4. The Morgan fingerprint density at radius 2 is 1.67 bits per heavy atom. The highest BCUT2D eigenvalue weighted by atomic mass is 35.5. The molecule has 0 bridgehead atoms. The first-order valence-electron chi connectivity index (χ1n) is 7.56. The van der Waals surface area contributed by atoms with Crippen molar-refractivity contribution in [2.24, 2.45) is 0 Å². The van der Waals surface area contributed by atoms with Crippen LogP contribution in [0.3, 0.4) is 0 Å². The second kappa shape index (κ2) is 7.77. The average molecular weight is 370 g/mol. The molecule has 2 aromatic carbocycles. The van der Waals surface area contributed by atoms with Gasteiger partial charge in [-0.05, 0) is 50.6 Å². The van der Waals surface area contributed by atoms with Crippen LogP contribution in [0.1, 0.15) is 19.4 Å². The second-order valence-electron chi connectivity index (χ2n) is 5.04. The number of anilines is 1. The smallest absolute Gasteiger partial charge is 0.262 e. The zero-order chi connectivity index (χ0) is 17.7. The van der Waals surface area contributed by atoms with Gasteiger partial charge in [0, 0.05) is 11.1 Å². The van der Waals surface area contributed by atoms with E-state index in [9.17, 15) is 8.42 Å². The minimum absolute atomic E-state index is 0.0890. The maximum Gasteiger partial charge on any atom is 0.262 e. The van der Waals surface area contributed by atoms with Crippen molar-refractivity contribution in [1.29, 1.82) is 0 Å². The molecule has 0 unspecified atom stereocenters. The minimum Gasteiger partial charge on any atom is -0.490 e.